The molecule has 2 unspecified atom stereocenters. The lowest BCUT2D eigenvalue weighted by Gasteiger charge is -2.26. The zero-order valence-corrected chi connectivity index (χ0v) is 20.8. The SMILES string of the molecule is CCCC(NC(=O)c1ccc(-c2cccc(CN)c2)cc1)C(Cc1cccc(C(=N)N)c1)C(=O)OC. The smallest absolute Gasteiger partial charge is 0.311 e. The number of benzene rings is 3. The molecule has 0 bridgehead atoms. The number of nitrogen functional groups attached to an aromatic ring is 1. The maximum Gasteiger partial charge on any atom is 0.311 e. The lowest BCUT2D eigenvalue weighted by atomic mass is 9.88. The quantitative estimate of drug-likeness (QED) is 0.185. The summed E-state index contributed by atoms with van der Waals surface area (Å²) in [6.45, 7) is 2.47. The van der Waals surface area contributed by atoms with Crippen LogP contribution in [0, 0.1) is 11.3 Å². The Labute approximate surface area is 212 Å². The molecule has 0 aliphatic heterocycles. The molecule has 1 amide bonds. The minimum Gasteiger partial charge on any atom is -0.469 e. The Morgan fingerprint density at radius 3 is 2.28 bits per heavy atom. The molecule has 7 nitrogen and oxygen atoms in total. The molecule has 2 atom stereocenters. The zero-order chi connectivity index (χ0) is 26.1. The molecule has 0 fully saturated rings. The summed E-state index contributed by atoms with van der Waals surface area (Å²) in [4.78, 5) is 25.9. The number of ether oxygens (including phenoxy) is 1. The first kappa shape index (κ1) is 26.6. The molecular formula is C29H34N4O3. The number of carbonyl (C=O) groups excluding carboxylic acids is 2. The van der Waals surface area contributed by atoms with Gasteiger partial charge in [0.1, 0.15) is 5.84 Å². The molecule has 0 saturated heterocycles. The molecule has 0 aliphatic rings. The highest BCUT2D eigenvalue weighted by molar-refractivity contribution is 5.96. The monoisotopic (exact) mass is 486 g/mol. The molecule has 0 radical (unpaired) electrons. The van der Waals surface area contributed by atoms with E-state index in [0.717, 1.165) is 28.7 Å². The summed E-state index contributed by atoms with van der Waals surface area (Å²) in [7, 11) is 1.35. The van der Waals surface area contributed by atoms with Crippen LogP contribution in [0.1, 0.15) is 46.8 Å². The van der Waals surface area contributed by atoms with E-state index in [4.69, 9.17) is 21.6 Å². The third kappa shape index (κ3) is 6.79. The third-order valence-corrected chi connectivity index (χ3v) is 6.24. The fourth-order valence-electron chi connectivity index (χ4n) is 4.29. The number of esters is 1. The van der Waals surface area contributed by atoms with Crippen LogP contribution in [0.2, 0.25) is 0 Å². The van der Waals surface area contributed by atoms with E-state index in [1.54, 1.807) is 30.3 Å². The maximum atomic E-state index is 13.2. The van der Waals surface area contributed by atoms with Crippen LogP contribution in [0.25, 0.3) is 11.1 Å². The van der Waals surface area contributed by atoms with E-state index in [-0.39, 0.29) is 11.7 Å². The second kappa shape index (κ2) is 12.7. The molecule has 0 aromatic heterocycles. The Balaban J connectivity index is 1.80. The van der Waals surface area contributed by atoms with Gasteiger partial charge in [0.2, 0.25) is 0 Å². The van der Waals surface area contributed by atoms with E-state index in [2.05, 4.69) is 5.32 Å². The van der Waals surface area contributed by atoms with Crippen molar-refractivity contribution in [2.24, 2.45) is 17.4 Å². The highest BCUT2D eigenvalue weighted by atomic mass is 16.5. The molecule has 3 aromatic carbocycles. The number of amides is 1. The van der Waals surface area contributed by atoms with E-state index in [1.807, 2.05) is 49.4 Å². The van der Waals surface area contributed by atoms with Crippen molar-refractivity contribution in [1.82, 2.24) is 5.32 Å². The van der Waals surface area contributed by atoms with Crippen molar-refractivity contribution in [1.29, 1.82) is 5.41 Å². The number of nitrogens with one attached hydrogen (secondary N) is 2. The number of carbonyl (C=O) groups is 2. The van der Waals surface area contributed by atoms with Crippen molar-refractivity contribution in [3.63, 3.8) is 0 Å². The number of hydrogen-bond donors (Lipinski definition) is 4. The van der Waals surface area contributed by atoms with E-state index in [9.17, 15) is 9.59 Å². The molecule has 7 heteroatoms. The summed E-state index contributed by atoms with van der Waals surface area (Å²) < 4.78 is 5.09. The van der Waals surface area contributed by atoms with Crippen LogP contribution in [-0.4, -0.2) is 30.9 Å². The predicted molar refractivity (Wildman–Crippen MR) is 143 cm³/mol. The van der Waals surface area contributed by atoms with Gasteiger partial charge in [0.05, 0.1) is 13.0 Å². The first-order valence-electron chi connectivity index (χ1n) is 12.1. The highest BCUT2D eigenvalue weighted by Crippen LogP contribution is 2.23. The van der Waals surface area contributed by atoms with Crippen LogP contribution in [0.3, 0.4) is 0 Å². The van der Waals surface area contributed by atoms with E-state index >= 15 is 0 Å². The Bertz CT molecular complexity index is 1210. The third-order valence-electron chi connectivity index (χ3n) is 6.24. The van der Waals surface area contributed by atoms with Gasteiger partial charge in [-0.05, 0) is 59.4 Å². The van der Waals surface area contributed by atoms with Crippen LogP contribution in [0.15, 0.2) is 72.8 Å². The van der Waals surface area contributed by atoms with Crippen LogP contribution < -0.4 is 16.8 Å². The van der Waals surface area contributed by atoms with Crippen LogP contribution in [0.5, 0.6) is 0 Å². The first-order valence-corrected chi connectivity index (χ1v) is 12.1. The molecular weight excluding hydrogens is 452 g/mol. The normalized spacial score (nSPS) is 12.4. The van der Waals surface area contributed by atoms with Crippen LogP contribution in [-0.2, 0) is 22.5 Å². The zero-order valence-electron chi connectivity index (χ0n) is 20.8. The van der Waals surface area contributed by atoms with Crippen molar-refractivity contribution < 1.29 is 14.3 Å². The fourth-order valence-corrected chi connectivity index (χ4v) is 4.29. The van der Waals surface area contributed by atoms with Gasteiger partial charge in [0, 0.05) is 23.7 Å². The molecule has 36 heavy (non-hydrogen) atoms. The van der Waals surface area contributed by atoms with Gasteiger partial charge in [-0.3, -0.25) is 15.0 Å². The van der Waals surface area contributed by atoms with Gasteiger partial charge in [-0.25, -0.2) is 0 Å². The van der Waals surface area contributed by atoms with Crippen molar-refractivity contribution >= 4 is 17.7 Å². The summed E-state index contributed by atoms with van der Waals surface area (Å²) in [5.74, 6) is -1.26. The average molecular weight is 487 g/mol. The second-order valence-electron chi connectivity index (χ2n) is 8.80. The van der Waals surface area contributed by atoms with Crippen molar-refractivity contribution in [3.05, 3.63) is 95.1 Å². The first-order chi connectivity index (χ1) is 17.4. The lowest BCUT2D eigenvalue weighted by Crippen LogP contribution is -2.44. The Morgan fingerprint density at radius 1 is 0.944 bits per heavy atom. The largest absolute Gasteiger partial charge is 0.469 e. The summed E-state index contributed by atoms with van der Waals surface area (Å²) in [5.41, 5.74) is 16.4. The molecule has 6 N–H and O–H groups in total. The van der Waals surface area contributed by atoms with Crippen LogP contribution >= 0.6 is 0 Å². The van der Waals surface area contributed by atoms with Crippen molar-refractivity contribution in [2.75, 3.05) is 7.11 Å². The Morgan fingerprint density at radius 2 is 1.64 bits per heavy atom. The number of rotatable bonds is 11. The molecule has 0 saturated carbocycles. The molecule has 3 aromatic rings. The van der Waals surface area contributed by atoms with E-state index in [1.165, 1.54) is 7.11 Å². The predicted octanol–water partition coefficient (Wildman–Crippen LogP) is 4.03. The summed E-state index contributed by atoms with van der Waals surface area (Å²) >= 11 is 0. The van der Waals surface area contributed by atoms with Crippen molar-refractivity contribution in [3.8, 4) is 11.1 Å². The van der Waals surface area contributed by atoms with Crippen molar-refractivity contribution in [2.45, 2.75) is 38.8 Å². The molecule has 3 rings (SSSR count). The highest BCUT2D eigenvalue weighted by Gasteiger charge is 2.30. The fraction of sp³-hybridized carbons (Fsp3) is 0.276. The van der Waals surface area contributed by atoms with Gasteiger partial charge < -0.3 is 21.5 Å². The average Bonchev–Trinajstić information content (AvgIpc) is 2.91. The minimum atomic E-state index is -0.584. The molecule has 0 spiro atoms. The minimum absolute atomic E-state index is 0.0388. The Hall–Kier alpha value is -3.97. The second-order valence-corrected chi connectivity index (χ2v) is 8.80. The van der Waals surface area contributed by atoms with Gasteiger partial charge >= 0.3 is 5.97 Å². The number of amidine groups is 1. The maximum absolute atomic E-state index is 13.2. The number of nitrogens with two attached hydrogens (primary N) is 2. The van der Waals surface area contributed by atoms with E-state index < -0.39 is 17.9 Å². The standard InChI is InChI=1S/C29H34N4O3/c1-3-6-26(25(29(35)36-2)17-19-7-4-10-24(15-19)27(31)32)33-28(34)22-13-11-21(12-14-22)23-9-5-8-20(16-23)18-30/h4-5,7-16,25-26H,3,6,17-18,30H2,1-2H3,(H3,31,32)(H,33,34). The summed E-state index contributed by atoms with van der Waals surface area (Å²) in [6.07, 6.45) is 1.75. The summed E-state index contributed by atoms with van der Waals surface area (Å²) in [5, 5.41) is 10.7. The van der Waals surface area contributed by atoms with Gasteiger partial charge in [0.25, 0.3) is 5.91 Å². The molecule has 188 valence electrons. The van der Waals surface area contributed by atoms with Gasteiger partial charge in [0.15, 0.2) is 0 Å². The van der Waals surface area contributed by atoms with Gasteiger partial charge in [-0.2, -0.15) is 0 Å². The van der Waals surface area contributed by atoms with Gasteiger partial charge in [-0.1, -0.05) is 61.9 Å². The number of methoxy groups -OCH3 is 1. The van der Waals surface area contributed by atoms with E-state index in [0.29, 0.717) is 30.5 Å². The molecule has 0 heterocycles. The van der Waals surface area contributed by atoms with Crippen LogP contribution in [0.4, 0.5) is 0 Å². The van der Waals surface area contributed by atoms with Gasteiger partial charge in [-0.15, -0.1) is 0 Å². The summed E-state index contributed by atoms with van der Waals surface area (Å²) in [6, 6.07) is 22.2. The topological polar surface area (TPSA) is 131 Å². The number of hydrogen-bond acceptors (Lipinski definition) is 5. The Kier molecular flexibility index (Phi) is 9.36. The molecule has 0 aliphatic carbocycles. The lowest BCUT2D eigenvalue weighted by molar-refractivity contribution is -0.146.